The number of hydrogen-bond acceptors (Lipinski definition) is 12. The van der Waals surface area contributed by atoms with Crippen LogP contribution in [0.5, 0.6) is 0 Å². The van der Waals surface area contributed by atoms with Crippen LogP contribution in [0.1, 0.15) is 456 Å². The maximum Gasteiger partial charge on any atom is 0.312 e. The Morgan fingerprint density at radius 2 is 0.624 bits per heavy atom. The fourth-order valence-electron chi connectivity index (χ4n) is 31.9. The van der Waals surface area contributed by atoms with Gasteiger partial charge in [-0.15, -0.1) is 0 Å². The molecular weight excluding hydrogens is 1550 g/mol. The summed E-state index contributed by atoms with van der Waals surface area (Å²) in [6.07, 6.45) is 53.5. The lowest BCUT2D eigenvalue weighted by Crippen LogP contribution is -2.52. The van der Waals surface area contributed by atoms with Crippen molar-refractivity contribution in [1.82, 2.24) is 0 Å². The van der Waals surface area contributed by atoms with Gasteiger partial charge in [-0.05, 0) is 440 Å². The molecule has 18 saturated carbocycles. The molecule has 0 amide bonds. The largest absolute Gasteiger partial charge is 0.459 e. The van der Waals surface area contributed by atoms with Crippen molar-refractivity contribution < 1.29 is 57.2 Å². The number of hydrogen-bond donors (Lipinski definition) is 0. The third-order valence-corrected chi connectivity index (χ3v) is 42.3. The molecule has 0 heterocycles. The molecule has 30 unspecified atom stereocenters. The van der Waals surface area contributed by atoms with Crippen molar-refractivity contribution >= 4 is 35.8 Å². The normalized spacial score (nSPS) is 42.2. The first kappa shape index (κ1) is 99.3. The van der Waals surface area contributed by atoms with E-state index >= 15 is 0 Å². The Labute approximate surface area is 764 Å². The predicted octanol–water partition coefficient (Wildman–Crippen LogP) is 29.1. The van der Waals surface area contributed by atoms with Crippen LogP contribution in [0.3, 0.4) is 0 Å². The zero-order valence-electron chi connectivity index (χ0n) is 85.3. The first-order chi connectivity index (χ1) is 58.6. The van der Waals surface area contributed by atoms with E-state index in [1.807, 2.05) is 83.1 Å². The number of ether oxygens (including phenoxy) is 6. The Morgan fingerprint density at radius 1 is 0.272 bits per heavy atom. The molecular formula is C113H190O12. The van der Waals surface area contributed by atoms with E-state index in [1.165, 1.54) is 180 Å². The molecule has 714 valence electrons. The summed E-state index contributed by atoms with van der Waals surface area (Å²) in [6.45, 7) is 54.5. The summed E-state index contributed by atoms with van der Waals surface area (Å²) in [7, 11) is 0. The molecule has 0 radical (unpaired) electrons. The van der Waals surface area contributed by atoms with Gasteiger partial charge < -0.3 is 28.4 Å². The zero-order valence-corrected chi connectivity index (χ0v) is 85.3. The minimum absolute atomic E-state index is 0.00345. The van der Waals surface area contributed by atoms with Gasteiger partial charge >= 0.3 is 35.8 Å². The molecule has 18 aliphatic rings. The molecule has 125 heavy (non-hydrogen) atoms. The summed E-state index contributed by atoms with van der Waals surface area (Å²) in [6, 6.07) is 0. The lowest BCUT2D eigenvalue weighted by atomic mass is 9.63. The van der Waals surface area contributed by atoms with Crippen LogP contribution in [0, 0.1) is 186 Å². The molecule has 18 aliphatic carbocycles. The van der Waals surface area contributed by atoms with Gasteiger partial charge in [0.15, 0.2) is 0 Å². The van der Waals surface area contributed by atoms with E-state index in [0.29, 0.717) is 35.5 Å². The van der Waals surface area contributed by atoms with Crippen molar-refractivity contribution in [2.45, 2.75) is 490 Å². The minimum atomic E-state index is -0.356. The highest BCUT2D eigenvalue weighted by Crippen LogP contribution is 2.74. The summed E-state index contributed by atoms with van der Waals surface area (Å²) in [4.78, 5) is 75.5. The number of fused-ring (bicyclic) bond motifs is 30. The van der Waals surface area contributed by atoms with Crippen LogP contribution in [0.15, 0.2) is 0 Å². The second kappa shape index (κ2) is 37.9. The number of carbonyl (C=O) groups excluding carboxylic acids is 6. The standard InChI is InChI=1S/C21H34O2.C20H32O2.C19H30O2.C19H34O2.2C17H30O2/c1-6-20(4,5)19(22)23-21(12(2)3)11-15-10-16(21)18-14-8-7-13(9-14)17(15)18;1-5-19(3,4)18(21)22-20(6-2)11-14-10-15(20)17-13-8-7-12(9-13)16(14)17;1-5-18(2,3)17(20)21-19(4)10-13-9-14(19)16-12-7-6-11(8-12)15(13)16;1-6-18(4,5)17(20)21-19(14(2)3)12-11-15-9-7-8-10-16(15)13-19;1-5-16(2,3)15(18)19-17(4)12-8-10-13-9-6-7-11-14(13)17;1-5-16(2,3)15(18)19-17(4)11-10-13-8-6-7-9-14(13)12-17/h12-18H,6-11H2,1-5H3;12-17H,5-11H2,1-4H3;11-16H,5-10H2,1-4H3;14-16H,6-13H2,1-5H3;2*13-14H,5-12H2,1-4H3. The van der Waals surface area contributed by atoms with Crippen LogP contribution < -0.4 is 0 Å². The Hall–Kier alpha value is -3.18. The lowest BCUT2D eigenvalue weighted by Gasteiger charge is -2.49. The van der Waals surface area contributed by atoms with Crippen molar-refractivity contribution in [3.8, 4) is 0 Å². The smallest absolute Gasteiger partial charge is 0.312 e. The van der Waals surface area contributed by atoms with Gasteiger partial charge in [0.2, 0.25) is 0 Å². The minimum Gasteiger partial charge on any atom is -0.459 e. The molecule has 18 rings (SSSR count). The fraction of sp³-hybridized carbons (Fsp3) is 0.947. The number of carbonyl (C=O) groups is 6. The molecule has 0 aromatic carbocycles. The molecule has 12 heteroatoms. The molecule has 12 nitrogen and oxygen atoms in total. The van der Waals surface area contributed by atoms with Crippen molar-refractivity contribution in [2.75, 3.05) is 0 Å². The Balaban J connectivity index is 0.000000129. The van der Waals surface area contributed by atoms with E-state index in [4.69, 9.17) is 28.4 Å². The SMILES string of the molecule is CCC(C)(C)C(=O)OC1(C(C)C)CC2CC1C1C3CCC(C3)C21.CCC(C)(C)C(=O)OC1(C(C)C)CCC2CCCCC2C1.CCC(C)(C)C(=O)OC1(C)CC2CC1C1C3CCC(C3)C21.CCC(C)(C)C(=O)OC1(C)CCC2CCCCC2C1.CCC(C)(C)C(=O)OC1(C)CCCC2CCCCC21.CCC(C)(C)C(=O)OC1(CC)CC2CC1C1C3CCC(C3)C21. The maximum atomic E-state index is 12.9. The van der Waals surface area contributed by atoms with Crippen LogP contribution >= 0.6 is 0 Å². The Kier molecular flexibility index (Phi) is 30.1. The molecule has 30 atom stereocenters. The Morgan fingerprint density at radius 3 is 1.09 bits per heavy atom. The van der Waals surface area contributed by atoms with Crippen molar-refractivity contribution in [3.63, 3.8) is 0 Å². The molecule has 18 fully saturated rings. The monoisotopic (exact) mass is 1740 g/mol. The van der Waals surface area contributed by atoms with Crippen LogP contribution in [0.4, 0.5) is 0 Å². The van der Waals surface area contributed by atoms with Gasteiger partial charge in [-0.2, -0.15) is 0 Å². The van der Waals surface area contributed by atoms with Gasteiger partial charge in [0.1, 0.15) is 33.6 Å². The van der Waals surface area contributed by atoms with E-state index in [2.05, 4.69) is 96.9 Å². The van der Waals surface area contributed by atoms with Gasteiger partial charge in [-0.25, -0.2) is 0 Å². The van der Waals surface area contributed by atoms with Gasteiger partial charge in [0, 0.05) is 23.7 Å². The van der Waals surface area contributed by atoms with Gasteiger partial charge in [0.25, 0.3) is 0 Å². The zero-order chi connectivity index (χ0) is 91.1. The molecule has 0 aliphatic heterocycles. The maximum absolute atomic E-state index is 12.9. The summed E-state index contributed by atoms with van der Waals surface area (Å²) in [5, 5.41) is 0. The lowest BCUT2D eigenvalue weighted by molar-refractivity contribution is -0.191. The highest BCUT2D eigenvalue weighted by atomic mass is 16.6. The second-order valence-electron chi connectivity index (χ2n) is 52.1. The van der Waals surface area contributed by atoms with Crippen LogP contribution in [-0.4, -0.2) is 69.4 Å². The topological polar surface area (TPSA) is 158 Å². The number of rotatable bonds is 21. The predicted molar refractivity (Wildman–Crippen MR) is 504 cm³/mol. The molecule has 0 N–H and O–H groups in total. The van der Waals surface area contributed by atoms with Crippen molar-refractivity contribution in [2.24, 2.45) is 186 Å². The van der Waals surface area contributed by atoms with Crippen LogP contribution in [0.2, 0.25) is 0 Å². The average molecular weight is 1740 g/mol. The summed E-state index contributed by atoms with van der Waals surface area (Å²) in [5.74, 6) is 21.7. The fourth-order valence-corrected chi connectivity index (χ4v) is 31.9. The number of esters is 6. The molecule has 0 aromatic heterocycles. The van der Waals surface area contributed by atoms with E-state index in [1.54, 1.807) is 0 Å². The van der Waals surface area contributed by atoms with Crippen LogP contribution in [0.25, 0.3) is 0 Å². The van der Waals surface area contributed by atoms with E-state index in [9.17, 15) is 28.8 Å². The Bertz CT molecular complexity index is 3700. The van der Waals surface area contributed by atoms with Gasteiger partial charge in [-0.3, -0.25) is 28.8 Å². The van der Waals surface area contributed by atoms with Gasteiger partial charge in [0.05, 0.1) is 32.5 Å². The first-order valence-corrected chi connectivity index (χ1v) is 54.0. The van der Waals surface area contributed by atoms with E-state index in [0.717, 1.165) is 215 Å². The van der Waals surface area contributed by atoms with E-state index < -0.39 is 0 Å². The highest BCUT2D eigenvalue weighted by Gasteiger charge is 2.72. The van der Waals surface area contributed by atoms with E-state index in [-0.39, 0.29) is 102 Å². The van der Waals surface area contributed by atoms with Crippen LogP contribution in [-0.2, 0) is 57.2 Å². The average Bonchev–Trinajstić information content (AvgIpc) is 1.53. The molecule has 0 spiro atoms. The summed E-state index contributed by atoms with van der Waals surface area (Å²) >= 11 is 0. The van der Waals surface area contributed by atoms with Crippen molar-refractivity contribution in [1.29, 1.82) is 0 Å². The third kappa shape index (κ3) is 19.5. The van der Waals surface area contributed by atoms with Gasteiger partial charge in [-0.1, -0.05) is 147 Å². The second-order valence-corrected chi connectivity index (χ2v) is 52.1. The molecule has 12 bridgehead atoms. The van der Waals surface area contributed by atoms with Crippen molar-refractivity contribution in [3.05, 3.63) is 0 Å². The summed E-state index contributed by atoms with van der Waals surface area (Å²) < 4.78 is 37.1. The third-order valence-electron chi connectivity index (χ3n) is 42.3. The molecule has 0 saturated heterocycles. The molecule has 0 aromatic rings. The quantitative estimate of drug-likeness (QED) is 0.0609. The first-order valence-electron chi connectivity index (χ1n) is 54.0. The summed E-state index contributed by atoms with van der Waals surface area (Å²) in [5.41, 5.74) is -3.13. The highest BCUT2D eigenvalue weighted by molar-refractivity contribution is 5.79.